The van der Waals surface area contributed by atoms with E-state index in [1.807, 2.05) is 11.3 Å². The van der Waals surface area contributed by atoms with E-state index in [9.17, 15) is 0 Å². The van der Waals surface area contributed by atoms with Gasteiger partial charge in [0, 0.05) is 20.2 Å². The first kappa shape index (κ1) is 15.6. The summed E-state index contributed by atoms with van der Waals surface area (Å²) >= 11 is 1.91. The molecule has 0 amide bonds. The third-order valence-electron chi connectivity index (χ3n) is 6.13. The highest BCUT2D eigenvalue weighted by molar-refractivity contribution is 7.25. The summed E-state index contributed by atoms with van der Waals surface area (Å²) in [5.41, 5.74) is 1.83. The quantitative estimate of drug-likeness (QED) is 0.488. The summed E-state index contributed by atoms with van der Waals surface area (Å²) in [7, 11) is 0. The number of hydrogen-bond acceptors (Lipinski definition) is 1. The predicted molar refractivity (Wildman–Crippen MR) is 101 cm³/mol. The Kier molecular flexibility index (Phi) is 3.60. The summed E-state index contributed by atoms with van der Waals surface area (Å²) in [6, 6.07) is 15.6. The lowest BCUT2D eigenvalue weighted by atomic mass is 9.58. The minimum atomic E-state index is 0.116. The van der Waals surface area contributed by atoms with Crippen molar-refractivity contribution in [1.82, 2.24) is 0 Å². The maximum atomic E-state index is 2.41. The molecule has 0 aliphatic rings. The van der Waals surface area contributed by atoms with Gasteiger partial charge in [-0.05, 0) is 34.4 Å². The lowest BCUT2D eigenvalue weighted by Crippen LogP contribution is -2.40. The van der Waals surface area contributed by atoms with Gasteiger partial charge in [-0.15, -0.1) is 11.3 Å². The minimum Gasteiger partial charge on any atom is -0.135 e. The highest BCUT2D eigenvalue weighted by Crippen LogP contribution is 2.50. The first-order valence-corrected chi connectivity index (χ1v) is 8.99. The maximum Gasteiger partial charge on any atom is 0.0358 e. The van der Waals surface area contributed by atoms with Crippen LogP contribution in [0.3, 0.4) is 0 Å². The van der Waals surface area contributed by atoms with Crippen molar-refractivity contribution in [3.8, 4) is 0 Å². The van der Waals surface area contributed by atoms with E-state index in [1.54, 1.807) is 0 Å². The Morgan fingerprint density at radius 1 is 0.818 bits per heavy atom. The van der Waals surface area contributed by atoms with E-state index in [0.29, 0.717) is 5.92 Å². The van der Waals surface area contributed by atoms with Gasteiger partial charge in [0.2, 0.25) is 0 Å². The summed E-state index contributed by atoms with van der Waals surface area (Å²) in [5, 5.41) is 2.87. The number of hydrogen-bond donors (Lipinski definition) is 0. The molecular formula is C21H26S. The van der Waals surface area contributed by atoms with Gasteiger partial charge in [0.05, 0.1) is 0 Å². The van der Waals surface area contributed by atoms with Gasteiger partial charge in [-0.3, -0.25) is 0 Å². The molecule has 0 atom stereocenters. The fourth-order valence-electron chi connectivity index (χ4n) is 3.36. The van der Waals surface area contributed by atoms with Crippen LogP contribution < -0.4 is 0 Å². The zero-order valence-corrected chi connectivity index (χ0v) is 15.3. The van der Waals surface area contributed by atoms with Gasteiger partial charge in [-0.2, -0.15) is 0 Å². The summed E-state index contributed by atoms with van der Waals surface area (Å²) in [6.07, 6.45) is 0. The third kappa shape index (κ3) is 2.10. The highest BCUT2D eigenvalue weighted by Gasteiger charge is 2.41. The molecule has 0 spiro atoms. The fourth-order valence-corrected chi connectivity index (χ4v) is 4.50. The molecule has 0 radical (unpaired) electrons. The first-order valence-electron chi connectivity index (χ1n) is 8.17. The van der Waals surface area contributed by atoms with Crippen molar-refractivity contribution in [3.63, 3.8) is 0 Å². The third-order valence-corrected chi connectivity index (χ3v) is 7.27. The van der Waals surface area contributed by atoms with Gasteiger partial charge in [0.15, 0.2) is 0 Å². The van der Waals surface area contributed by atoms with E-state index in [1.165, 1.54) is 25.7 Å². The van der Waals surface area contributed by atoms with Crippen molar-refractivity contribution in [2.24, 2.45) is 11.3 Å². The van der Waals surface area contributed by atoms with Crippen LogP contribution in [0, 0.1) is 11.3 Å². The Morgan fingerprint density at radius 2 is 1.45 bits per heavy atom. The minimum absolute atomic E-state index is 0.116. The van der Waals surface area contributed by atoms with Crippen molar-refractivity contribution < 1.29 is 0 Å². The van der Waals surface area contributed by atoms with Gasteiger partial charge >= 0.3 is 0 Å². The molecule has 3 aromatic rings. The topological polar surface area (TPSA) is 0 Å². The van der Waals surface area contributed by atoms with Gasteiger partial charge in [-0.25, -0.2) is 0 Å². The van der Waals surface area contributed by atoms with Crippen molar-refractivity contribution in [1.29, 1.82) is 0 Å². The normalized spacial score (nSPS) is 13.4. The molecule has 0 unspecified atom stereocenters. The molecule has 2 aromatic carbocycles. The molecule has 1 aromatic heterocycles. The molecule has 0 fully saturated rings. The van der Waals surface area contributed by atoms with Crippen molar-refractivity contribution in [3.05, 3.63) is 48.0 Å². The molecule has 0 aliphatic carbocycles. The average molecular weight is 311 g/mol. The highest BCUT2D eigenvalue weighted by atomic mass is 32.1. The largest absolute Gasteiger partial charge is 0.135 e. The van der Waals surface area contributed by atoms with Gasteiger partial charge in [0.25, 0.3) is 0 Å². The Balaban J connectivity index is 2.36. The summed E-state index contributed by atoms with van der Waals surface area (Å²) in [5.74, 6) is 0.627. The Hall–Kier alpha value is -1.34. The summed E-state index contributed by atoms with van der Waals surface area (Å²) < 4.78 is 2.80. The molecule has 0 saturated heterocycles. The van der Waals surface area contributed by atoms with Gasteiger partial charge in [0.1, 0.15) is 0 Å². The Morgan fingerprint density at radius 3 is 2.14 bits per heavy atom. The molecule has 1 heterocycles. The van der Waals surface area contributed by atoms with Crippen LogP contribution in [0.2, 0.25) is 0 Å². The Labute approximate surface area is 138 Å². The van der Waals surface area contributed by atoms with E-state index in [0.717, 1.165) is 0 Å². The monoisotopic (exact) mass is 310 g/mol. The molecule has 0 saturated carbocycles. The van der Waals surface area contributed by atoms with Crippen LogP contribution in [0.15, 0.2) is 42.5 Å². The molecule has 3 rings (SSSR count). The van der Waals surface area contributed by atoms with Crippen LogP contribution in [0.5, 0.6) is 0 Å². The number of fused-ring (bicyclic) bond motifs is 3. The van der Waals surface area contributed by atoms with E-state index in [-0.39, 0.29) is 10.8 Å². The summed E-state index contributed by atoms with van der Waals surface area (Å²) in [4.78, 5) is 0. The van der Waals surface area contributed by atoms with Crippen LogP contribution in [-0.4, -0.2) is 0 Å². The number of thiophene rings is 1. The fraction of sp³-hybridized carbons (Fsp3) is 0.429. The molecule has 0 N–H and O–H groups in total. The first-order chi connectivity index (χ1) is 10.3. The Bertz CT molecular complexity index is 818. The van der Waals surface area contributed by atoms with E-state index < -0.39 is 0 Å². The van der Waals surface area contributed by atoms with Gasteiger partial charge in [-0.1, -0.05) is 71.9 Å². The van der Waals surface area contributed by atoms with Crippen LogP contribution >= 0.6 is 11.3 Å². The molecule has 1 heteroatoms. The molecule has 0 nitrogen and oxygen atoms in total. The van der Waals surface area contributed by atoms with Crippen molar-refractivity contribution in [2.75, 3.05) is 0 Å². The van der Waals surface area contributed by atoms with E-state index in [2.05, 4.69) is 84.0 Å². The standard InChI is InChI=1S/C21H26S/c1-14(2)20(3,4)21(5,6)16-11-9-13-18-19(16)15-10-7-8-12-17(15)22-18/h7-14H,1-6H3. The maximum absolute atomic E-state index is 2.41. The van der Waals surface area contributed by atoms with E-state index >= 15 is 0 Å². The SMILES string of the molecule is CC(C)C(C)(C)C(C)(C)c1cccc2sc3ccccc3c12. The molecule has 116 valence electrons. The second-order valence-electron chi connectivity index (χ2n) is 7.78. The number of rotatable bonds is 3. The second kappa shape index (κ2) is 5.09. The van der Waals surface area contributed by atoms with Crippen LogP contribution in [-0.2, 0) is 5.41 Å². The average Bonchev–Trinajstić information content (AvgIpc) is 2.85. The lowest BCUT2D eigenvalue weighted by molar-refractivity contribution is 0.127. The zero-order chi connectivity index (χ0) is 16.1. The second-order valence-corrected chi connectivity index (χ2v) is 8.86. The lowest BCUT2D eigenvalue weighted by Gasteiger charge is -2.46. The number of benzene rings is 2. The van der Waals surface area contributed by atoms with Crippen molar-refractivity contribution >= 4 is 31.5 Å². The van der Waals surface area contributed by atoms with Crippen LogP contribution in [0.1, 0.15) is 47.1 Å². The molecule has 22 heavy (non-hydrogen) atoms. The molecule has 0 bridgehead atoms. The van der Waals surface area contributed by atoms with Crippen molar-refractivity contribution in [2.45, 2.75) is 47.0 Å². The smallest absolute Gasteiger partial charge is 0.0358 e. The van der Waals surface area contributed by atoms with Gasteiger partial charge < -0.3 is 0 Å². The zero-order valence-electron chi connectivity index (χ0n) is 14.5. The van der Waals surface area contributed by atoms with E-state index in [4.69, 9.17) is 0 Å². The molecular weight excluding hydrogens is 284 g/mol. The predicted octanol–water partition coefficient (Wildman–Crippen LogP) is 7.01. The summed E-state index contributed by atoms with van der Waals surface area (Å²) in [6.45, 7) is 14.3. The van der Waals surface area contributed by atoms with Crippen LogP contribution in [0.25, 0.3) is 20.2 Å². The van der Waals surface area contributed by atoms with Crippen LogP contribution in [0.4, 0.5) is 0 Å². The molecule has 0 aliphatic heterocycles.